The van der Waals surface area contributed by atoms with Gasteiger partial charge in [0.1, 0.15) is 6.54 Å². The smallest absolute Gasteiger partial charge is 0.432 e. The van der Waals surface area contributed by atoms with Crippen LogP contribution in [0.3, 0.4) is 0 Å². The van der Waals surface area contributed by atoms with Crippen LogP contribution in [0.15, 0.2) is 109 Å². The maximum atomic E-state index is 12.9. The molecule has 0 N–H and O–H groups in total. The number of nitrogens with zero attached hydrogens (tertiary/aromatic N) is 2. The molecule has 0 aliphatic carbocycles. The number of aromatic nitrogens is 1. The predicted octanol–water partition coefficient (Wildman–Crippen LogP) is 10.5. The Bertz CT molecular complexity index is 2570. The van der Waals surface area contributed by atoms with E-state index in [1.807, 2.05) is 0 Å². The fourth-order valence-corrected chi connectivity index (χ4v) is 7.21. The van der Waals surface area contributed by atoms with Crippen molar-refractivity contribution in [2.75, 3.05) is 6.54 Å². The molecule has 1 aromatic heterocycles. The number of carbonyl (C=O) groups excluding carboxylic acids is 1. The highest BCUT2D eigenvalue weighted by molar-refractivity contribution is 7.86. The number of rotatable bonds is 13. The van der Waals surface area contributed by atoms with Crippen LogP contribution in [0.2, 0.25) is 0 Å². The second-order valence-electron chi connectivity index (χ2n) is 15.0. The lowest BCUT2D eigenvalue weighted by Crippen LogP contribution is -2.53. The molecule has 2 heterocycles. The van der Waals surface area contributed by atoms with E-state index in [2.05, 4.69) is 143 Å². The maximum absolute atomic E-state index is 12.9. The molecule has 13 heteroatoms. The van der Waals surface area contributed by atoms with Crippen LogP contribution < -0.4 is 5.35 Å². The molecule has 0 saturated heterocycles. The molecular formula is C45H47F5N2O5S. The number of carbonyl (C=O) groups is 1. The topological polar surface area (TPSA) is 91.4 Å². The molecular weight excluding hydrogens is 776 g/mol. The number of allylic oxidation sites excluding steroid dienone is 6. The highest BCUT2D eigenvalue weighted by atomic mass is 32.2. The molecule has 4 aromatic carbocycles. The monoisotopic (exact) mass is 822 g/mol. The Morgan fingerprint density at radius 2 is 1.40 bits per heavy atom. The van der Waals surface area contributed by atoms with Gasteiger partial charge in [-0.05, 0) is 56.2 Å². The van der Waals surface area contributed by atoms with Gasteiger partial charge >= 0.3 is 17.4 Å². The summed E-state index contributed by atoms with van der Waals surface area (Å²) in [5.41, 5.74) is 3.73. The lowest BCUT2D eigenvalue weighted by molar-refractivity contribution is -0.436. The number of hydrogen-bond donors (Lipinski definition) is 0. The van der Waals surface area contributed by atoms with Crippen molar-refractivity contribution in [2.24, 2.45) is 5.41 Å². The standard InChI is InChI=1S/C37H37N2.C8H11F5O5S/c1-3-5-26-38-32(30-20-12-16-28-18-14-24-34(38)36(28)30)22-10-8-7-9-11-23-33-31-21-13-17-29-19-15-25-35(37(29)31)39(33)27-6-4-2;1-6(2,3)5(14)18-4(7(9,10)11)8(12,13)19(15,16)17/h7-25H,3-6,26-27H2,1-2H3;4H,1-3H3,(H,15,16,17)/q+1;/p-1. The van der Waals surface area contributed by atoms with Crippen molar-refractivity contribution in [3.05, 3.63) is 120 Å². The Kier molecular flexibility index (Phi) is 13.5. The van der Waals surface area contributed by atoms with Gasteiger partial charge in [-0.15, -0.1) is 0 Å². The van der Waals surface area contributed by atoms with Crippen molar-refractivity contribution < 1.29 is 49.0 Å². The molecule has 1 aliphatic rings. The Hall–Kier alpha value is -5.14. The molecule has 0 spiro atoms. The first-order valence-corrected chi connectivity index (χ1v) is 20.5. The SMILES string of the molecule is CC(C)(C)C(=O)OC(C(F)(F)F)C(F)(F)S(=O)(=O)[O-].CCCCn1\c(=C/C=C/C=C/C=C/C2=[N+](CCCC)c3cccc4cccc2c34)c2cccc3cccc1c32. The second kappa shape index (κ2) is 17.8. The second-order valence-corrected chi connectivity index (χ2v) is 16.5. The number of benzene rings is 4. The van der Waals surface area contributed by atoms with Gasteiger partial charge in [0, 0.05) is 46.7 Å². The number of ether oxygens (including phenoxy) is 1. The summed E-state index contributed by atoms with van der Waals surface area (Å²) in [4.78, 5) is 11.1. The van der Waals surface area contributed by atoms with E-state index in [4.69, 9.17) is 0 Å². The summed E-state index contributed by atoms with van der Waals surface area (Å²) in [5, 5.41) is 2.23. The van der Waals surface area contributed by atoms with Crippen molar-refractivity contribution in [1.82, 2.24) is 4.57 Å². The van der Waals surface area contributed by atoms with E-state index in [1.165, 1.54) is 80.4 Å². The predicted molar refractivity (Wildman–Crippen MR) is 219 cm³/mol. The third-order valence-electron chi connectivity index (χ3n) is 9.68. The summed E-state index contributed by atoms with van der Waals surface area (Å²) in [6.45, 7) is 9.80. The zero-order chi connectivity index (χ0) is 42.5. The largest absolute Gasteiger partial charge is 0.743 e. The number of esters is 1. The molecule has 0 radical (unpaired) electrons. The molecule has 0 saturated carbocycles. The third kappa shape index (κ3) is 9.42. The Labute approximate surface area is 335 Å². The van der Waals surface area contributed by atoms with Crippen LogP contribution in [-0.2, 0) is 26.2 Å². The van der Waals surface area contributed by atoms with Crippen molar-refractivity contribution in [3.8, 4) is 0 Å². The number of alkyl halides is 5. The van der Waals surface area contributed by atoms with Crippen LogP contribution in [0.25, 0.3) is 38.5 Å². The van der Waals surface area contributed by atoms with Crippen LogP contribution in [-0.4, -0.2) is 57.9 Å². The van der Waals surface area contributed by atoms with E-state index >= 15 is 0 Å². The van der Waals surface area contributed by atoms with Crippen molar-refractivity contribution >= 4 is 66.0 Å². The minimum Gasteiger partial charge on any atom is -0.743 e. The minimum absolute atomic E-state index is 1.05. The van der Waals surface area contributed by atoms with Crippen LogP contribution in [0.1, 0.15) is 65.9 Å². The molecule has 0 amide bonds. The van der Waals surface area contributed by atoms with Gasteiger partial charge < -0.3 is 13.9 Å². The fraction of sp³-hybridized carbons (Fsp3) is 0.333. The Morgan fingerprint density at radius 3 is 2.02 bits per heavy atom. The van der Waals surface area contributed by atoms with Gasteiger partial charge in [0.2, 0.25) is 11.4 Å². The summed E-state index contributed by atoms with van der Waals surface area (Å²) in [5.74, 6) is -1.72. The third-order valence-corrected chi connectivity index (χ3v) is 10.6. The first-order valence-electron chi connectivity index (χ1n) is 19.1. The summed E-state index contributed by atoms with van der Waals surface area (Å²) in [7, 11) is -6.66. The average Bonchev–Trinajstić information content (AvgIpc) is 3.63. The van der Waals surface area contributed by atoms with Crippen LogP contribution in [0.5, 0.6) is 0 Å². The van der Waals surface area contributed by atoms with E-state index in [-0.39, 0.29) is 0 Å². The molecule has 7 nitrogen and oxygen atoms in total. The van der Waals surface area contributed by atoms with Gasteiger partial charge in [0.15, 0.2) is 10.1 Å². The number of unbranched alkanes of at least 4 members (excludes halogenated alkanes) is 2. The summed E-state index contributed by atoms with van der Waals surface area (Å²) < 4.78 is 102. The van der Waals surface area contributed by atoms with Gasteiger partial charge in [-0.25, -0.2) is 8.42 Å². The van der Waals surface area contributed by atoms with Gasteiger partial charge in [0.05, 0.1) is 16.4 Å². The van der Waals surface area contributed by atoms with Crippen LogP contribution >= 0.6 is 0 Å². The number of aryl methyl sites for hydroxylation is 1. The van der Waals surface area contributed by atoms with Crippen LogP contribution in [0, 0.1) is 5.41 Å². The Morgan fingerprint density at radius 1 is 0.810 bits per heavy atom. The van der Waals surface area contributed by atoms with E-state index in [9.17, 15) is 39.7 Å². The Balaban J connectivity index is 0.000000287. The first-order chi connectivity index (χ1) is 27.3. The lowest BCUT2D eigenvalue weighted by atomic mass is 9.97. The minimum atomic E-state index is -6.66. The average molecular weight is 823 g/mol. The first kappa shape index (κ1) is 44.0. The van der Waals surface area contributed by atoms with Gasteiger partial charge in [0.25, 0.3) is 6.10 Å². The van der Waals surface area contributed by atoms with E-state index in [0.29, 0.717) is 0 Å². The number of hydrogen-bond acceptors (Lipinski definition) is 5. The maximum Gasteiger partial charge on any atom is 0.432 e. The molecule has 6 rings (SSSR count). The number of halogens is 5. The van der Waals surface area contributed by atoms with Crippen molar-refractivity contribution in [3.63, 3.8) is 0 Å². The quantitative estimate of drug-likeness (QED) is 0.0388. The normalized spacial score (nSPS) is 14.8. The highest BCUT2D eigenvalue weighted by Gasteiger charge is 2.63. The fourth-order valence-electron chi connectivity index (χ4n) is 6.77. The molecule has 0 fully saturated rings. The van der Waals surface area contributed by atoms with Gasteiger partial charge in [-0.2, -0.15) is 26.5 Å². The molecule has 1 unspecified atom stereocenters. The van der Waals surface area contributed by atoms with E-state index in [1.54, 1.807) is 0 Å². The summed E-state index contributed by atoms with van der Waals surface area (Å²) in [6, 6.07) is 26.6. The molecule has 5 aromatic rings. The zero-order valence-corrected chi connectivity index (χ0v) is 33.8. The molecule has 0 bridgehead atoms. The van der Waals surface area contributed by atoms with E-state index in [0.717, 1.165) is 33.9 Å². The molecule has 308 valence electrons. The molecule has 58 heavy (non-hydrogen) atoms. The zero-order valence-electron chi connectivity index (χ0n) is 33.0. The van der Waals surface area contributed by atoms with Crippen LogP contribution in [0.4, 0.5) is 27.6 Å². The lowest BCUT2D eigenvalue weighted by Gasteiger charge is -2.31. The molecule has 1 aliphatic heterocycles. The van der Waals surface area contributed by atoms with Gasteiger partial charge in [-0.1, -0.05) is 112 Å². The van der Waals surface area contributed by atoms with Crippen molar-refractivity contribution in [1.29, 1.82) is 0 Å². The highest BCUT2D eigenvalue weighted by Crippen LogP contribution is 2.39. The van der Waals surface area contributed by atoms with Crippen molar-refractivity contribution in [2.45, 2.75) is 84.4 Å². The molecule has 1 atom stereocenters. The van der Waals surface area contributed by atoms with E-state index < -0.39 is 39.0 Å². The summed E-state index contributed by atoms with van der Waals surface area (Å²) in [6.07, 6.45) is 9.79. The summed E-state index contributed by atoms with van der Waals surface area (Å²) >= 11 is 0. The van der Waals surface area contributed by atoms with Gasteiger partial charge in [-0.3, -0.25) is 4.79 Å².